The molecule has 6 nitrogen and oxygen atoms in total. The normalized spacial score (nSPS) is 15.5. The molecule has 0 bridgehead atoms. The second-order valence-electron chi connectivity index (χ2n) is 5.72. The molecule has 1 aliphatic rings. The van der Waals surface area contributed by atoms with Crippen LogP contribution in [0.4, 0.5) is 5.00 Å². The maximum Gasteiger partial charge on any atom is 0.256 e. The van der Waals surface area contributed by atoms with Gasteiger partial charge in [-0.1, -0.05) is 6.42 Å². The summed E-state index contributed by atoms with van der Waals surface area (Å²) in [6.07, 6.45) is 2.81. The van der Waals surface area contributed by atoms with Crippen molar-refractivity contribution in [2.45, 2.75) is 24.2 Å². The predicted octanol–water partition coefficient (Wildman–Crippen LogP) is 3.05. The molecule has 1 fully saturated rings. The van der Waals surface area contributed by atoms with Crippen LogP contribution in [0.1, 0.15) is 35.2 Å². The molecule has 0 spiro atoms. The lowest BCUT2D eigenvalue weighted by atomic mass is 10.2. The largest absolute Gasteiger partial charge is 0.312 e. The maximum absolute atomic E-state index is 12.6. The first-order valence-corrected chi connectivity index (χ1v) is 10.2. The van der Waals surface area contributed by atoms with E-state index in [1.165, 1.54) is 39.9 Å². The minimum Gasteiger partial charge on any atom is -0.312 e. The Hall–Kier alpha value is -2.21. The van der Waals surface area contributed by atoms with Crippen molar-refractivity contribution < 1.29 is 13.2 Å². The van der Waals surface area contributed by atoms with E-state index in [1.807, 2.05) is 6.07 Å². The quantitative estimate of drug-likeness (QED) is 0.889. The molecule has 1 N–H and O–H groups in total. The molecule has 1 aromatic carbocycles. The number of nitrogens with one attached hydrogen (secondary N) is 1. The number of hydrogen-bond acceptors (Lipinski definition) is 5. The Balaban J connectivity index is 1.75. The molecule has 1 saturated heterocycles. The van der Waals surface area contributed by atoms with Gasteiger partial charge < -0.3 is 5.32 Å². The van der Waals surface area contributed by atoms with Gasteiger partial charge in [-0.05, 0) is 48.6 Å². The summed E-state index contributed by atoms with van der Waals surface area (Å²) in [7, 11) is -3.50. The highest BCUT2D eigenvalue weighted by molar-refractivity contribution is 7.89. The predicted molar refractivity (Wildman–Crippen MR) is 96.0 cm³/mol. The number of rotatable bonds is 4. The van der Waals surface area contributed by atoms with Crippen LogP contribution in [0.5, 0.6) is 0 Å². The number of anilines is 1. The third-order valence-electron chi connectivity index (χ3n) is 4.08. The van der Waals surface area contributed by atoms with Crippen LogP contribution in [0, 0.1) is 11.3 Å². The van der Waals surface area contributed by atoms with E-state index in [0.717, 1.165) is 19.3 Å². The zero-order valence-electron chi connectivity index (χ0n) is 13.4. The lowest BCUT2D eigenvalue weighted by Gasteiger charge is -2.25. The van der Waals surface area contributed by atoms with Gasteiger partial charge in [0, 0.05) is 18.7 Å². The molecule has 1 aromatic heterocycles. The highest BCUT2D eigenvalue weighted by Crippen LogP contribution is 2.24. The molecule has 0 aliphatic carbocycles. The number of benzene rings is 1. The molecule has 2 heterocycles. The van der Waals surface area contributed by atoms with Crippen LogP contribution >= 0.6 is 11.3 Å². The molecular formula is C17H17N3O3S2. The fraction of sp³-hybridized carbons (Fsp3) is 0.294. The van der Waals surface area contributed by atoms with Crippen LogP contribution < -0.4 is 5.32 Å². The molecule has 25 heavy (non-hydrogen) atoms. The van der Waals surface area contributed by atoms with Gasteiger partial charge in [0.25, 0.3) is 5.91 Å². The first-order valence-electron chi connectivity index (χ1n) is 7.91. The minimum absolute atomic E-state index is 0.194. The van der Waals surface area contributed by atoms with Crippen molar-refractivity contribution >= 4 is 32.3 Å². The second-order valence-corrected chi connectivity index (χ2v) is 8.57. The summed E-state index contributed by atoms with van der Waals surface area (Å²) in [5.74, 6) is -0.374. The van der Waals surface area contributed by atoms with Crippen molar-refractivity contribution in [2.75, 3.05) is 18.4 Å². The molecule has 1 aliphatic heterocycles. The lowest BCUT2D eigenvalue weighted by Crippen LogP contribution is -2.35. The zero-order valence-corrected chi connectivity index (χ0v) is 15.1. The Kier molecular flexibility index (Phi) is 5.18. The van der Waals surface area contributed by atoms with Crippen molar-refractivity contribution in [3.63, 3.8) is 0 Å². The molecule has 0 unspecified atom stereocenters. The molecule has 0 saturated carbocycles. The summed E-state index contributed by atoms with van der Waals surface area (Å²) in [5, 5.41) is 13.9. The van der Waals surface area contributed by atoms with Crippen molar-refractivity contribution in [1.82, 2.24) is 4.31 Å². The van der Waals surface area contributed by atoms with Gasteiger partial charge in [0.2, 0.25) is 10.0 Å². The van der Waals surface area contributed by atoms with E-state index >= 15 is 0 Å². The molecule has 0 atom stereocenters. The van der Waals surface area contributed by atoms with Crippen molar-refractivity contribution in [2.24, 2.45) is 0 Å². The molecule has 1 amide bonds. The molecular weight excluding hydrogens is 358 g/mol. The van der Waals surface area contributed by atoms with Crippen LogP contribution in [-0.2, 0) is 10.0 Å². The van der Waals surface area contributed by atoms with E-state index in [1.54, 1.807) is 11.4 Å². The minimum atomic E-state index is -3.50. The summed E-state index contributed by atoms with van der Waals surface area (Å²) in [4.78, 5) is 12.5. The summed E-state index contributed by atoms with van der Waals surface area (Å²) < 4.78 is 26.7. The van der Waals surface area contributed by atoms with Crippen LogP contribution in [-0.4, -0.2) is 31.7 Å². The highest BCUT2D eigenvalue weighted by atomic mass is 32.2. The van der Waals surface area contributed by atoms with E-state index in [0.29, 0.717) is 29.2 Å². The van der Waals surface area contributed by atoms with Gasteiger partial charge in [-0.3, -0.25) is 4.79 Å². The van der Waals surface area contributed by atoms with Gasteiger partial charge >= 0.3 is 0 Å². The Bertz CT molecular complexity index is 905. The average molecular weight is 375 g/mol. The van der Waals surface area contributed by atoms with Crippen molar-refractivity contribution in [3.8, 4) is 6.07 Å². The molecule has 8 heteroatoms. The van der Waals surface area contributed by atoms with Crippen LogP contribution in [0.15, 0.2) is 40.6 Å². The first-order chi connectivity index (χ1) is 12.0. The van der Waals surface area contributed by atoms with E-state index in [2.05, 4.69) is 5.32 Å². The van der Waals surface area contributed by atoms with Gasteiger partial charge in [-0.2, -0.15) is 9.57 Å². The number of piperidine rings is 1. The topological polar surface area (TPSA) is 90.3 Å². The highest BCUT2D eigenvalue weighted by Gasteiger charge is 2.26. The van der Waals surface area contributed by atoms with Gasteiger partial charge in [0.15, 0.2) is 0 Å². The summed E-state index contributed by atoms with van der Waals surface area (Å²) in [6, 6.07) is 9.54. The maximum atomic E-state index is 12.6. The van der Waals surface area contributed by atoms with Crippen molar-refractivity contribution in [3.05, 3.63) is 46.8 Å². The van der Waals surface area contributed by atoms with E-state index in [-0.39, 0.29) is 10.8 Å². The smallest absolute Gasteiger partial charge is 0.256 e. The third kappa shape index (κ3) is 3.74. The Morgan fingerprint density at radius 2 is 1.80 bits per heavy atom. The van der Waals surface area contributed by atoms with Crippen molar-refractivity contribution in [1.29, 1.82) is 5.26 Å². The summed E-state index contributed by atoms with van der Waals surface area (Å²) in [6.45, 7) is 1.08. The monoisotopic (exact) mass is 375 g/mol. The summed E-state index contributed by atoms with van der Waals surface area (Å²) >= 11 is 1.27. The van der Waals surface area contributed by atoms with Crippen LogP contribution in [0.2, 0.25) is 0 Å². The van der Waals surface area contributed by atoms with Gasteiger partial charge in [-0.25, -0.2) is 8.42 Å². The molecule has 0 radical (unpaired) electrons. The van der Waals surface area contributed by atoms with Gasteiger partial charge in [0.1, 0.15) is 11.1 Å². The number of nitrogens with zero attached hydrogens (tertiary/aromatic N) is 2. The molecule has 3 rings (SSSR count). The SMILES string of the molecule is N#Cc1ccsc1NC(=O)c1ccc(S(=O)(=O)N2CCCCC2)cc1. The van der Waals surface area contributed by atoms with Gasteiger partial charge in [-0.15, -0.1) is 11.3 Å². The standard InChI is InChI=1S/C17H17N3O3S2/c18-12-14-8-11-24-17(14)19-16(21)13-4-6-15(7-5-13)25(22,23)20-9-2-1-3-10-20/h4-8,11H,1-3,9-10H2,(H,19,21). The molecule has 2 aromatic rings. The van der Waals surface area contributed by atoms with E-state index in [9.17, 15) is 13.2 Å². The van der Waals surface area contributed by atoms with Crippen LogP contribution in [0.25, 0.3) is 0 Å². The summed E-state index contributed by atoms with van der Waals surface area (Å²) in [5.41, 5.74) is 0.748. The number of carbonyl (C=O) groups excluding carboxylic acids is 1. The fourth-order valence-corrected chi connectivity index (χ4v) is 4.95. The van der Waals surface area contributed by atoms with Gasteiger partial charge in [0.05, 0.1) is 10.5 Å². The third-order valence-corrected chi connectivity index (χ3v) is 6.82. The van der Waals surface area contributed by atoms with Crippen LogP contribution in [0.3, 0.4) is 0 Å². The average Bonchev–Trinajstić information content (AvgIpc) is 3.09. The zero-order chi connectivity index (χ0) is 17.9. The Morgan fingerprint density at radius 1 is 1.12 bits per heavy atom. The Labute approximate surface area is 150 Å². The number of hydrogen-bond donors (Lipinski definition) is 1. The number of carbonyl (C=O) groups is 1. The number of sulfonamides is 1. The first kappa shape index (κ1) is 17.6. The van der Waals surface area contributed by atoms with E-state index in [4.69, 9.17) is 5.26 Å². The Morgan fingerprint density at radius 3 is 2.44 bits per heavy atom. The molecule has 130 valence electrons. The van der Waals surface area contributed by atoms with E-state index < -0.39 is 10.0 Å². The number of amides is 1. The lowest BCUT2D eigenvalue weighted by molar-refractivity contribution is 0.102. The second kappa shape index (κ2) is 7.35. The number of nitriles is 1. The fourth-order valence-electron chi connectivity index (χ4n) is 2.70. The number of thiophene rings is 1.